The third-order valence-electron chi connectivity index (χ3n) is 5.45. The van der Waals surface area contributed by atoms with Gasteiger partial charge in [-0.05, 0) is 68.3 Å². The summed E-state index contributed by atoms with van der Waals surface area (Å²) in [5, 5.41) is 15.2. The van der Waals surface area contributed by atoms with Crippen LogP contribution < -0.4 is 5.32 Å². The Labute approximate surface area is 214 Å². The third kappa shape index (κ3) is 6.66. The van der Waals surface area contributed by atoms with E-state index in [9.17, 15) is 14.0 Å². The molecule has 192 valence electrons. The smallest absolute Gasteiger partial charge is 0.247 e. The highest BCUT2D eigenvalue weighted by Gasteiger charge is 2.34. The van der Waals surface area contributed by atoms with Crippen LogP contribution in [0.15, 0.2) is 71.1 Å². The zero-order valence-corrected chi connectivity index (χ0v) is 21.2. The Morgan fingerprint density at radius 2 is 1.76 bits per heavy atom. The number of aromatic nitrogens is 4. The summed E-state index contributed by atoms with van der Waals surface area (Å²) in [4.78, 5) is 29.9. The lowest BCUT2D eigenvalue weighted by atomic mass is 10.0. The summed E-state index contributed by atoms with van der Waals surface area (Å²) in [7, 11) is 0. The monoisotopic (exact) mass is 504 g/mol. The molecule has 9 nitrogen and oxygen atoms in total. The van der Waals surface area contributed by atoms with Gasteiger partial charge in [-0.15, -0.1) is 10.2 Å². The SMILES string of the molecule is Cc1ccc(-c2nnn(CC(=O)N(Cc3ccccc3)[C@@H](C(=O)NC(C)(C)C)c3ccc(F)cc3)n2)o1. The molecule has 0 unspecified atom stereocenters. The van der Waals surface area contributed by atoms with Gasteiger partial charge in [0.05, 0.1) is 0 Å². The fourth-order valence-corrected chi connectivity index (χ4v) is 3.83. The number of aryl methyl sites for hydroxylation is 1. The molecule has 0 radical (unpaired) electrons. The number of nitrogens with zero attached hydrogens (tertiary/aromatic N) is 5. The van der Waals surface area contributed by atoms with E-state index in [1.165, 1.54) is 29.2 Å². The van der Waals surface area contributed by atoms with Crippen molar-refractivity contribution >= 4 is 11.8 Å². The van der Waals surface area contributed by atoms with Gasteiger partial charge in [0.1, 0.15) is 24.2 Å². The van der Waals surface area contributed by atoms with Crippen molar-refractivity contribution in [2.45, 2.75) is 52.4 Å². The van der Waals surface area contributed by atoms with Crippen LogP contribution in [0.4, 0.5) is 4.39 Å². The van der Waals surface area contributed by atoms with E-state index in [4.69, 9.17) is 4.42 Å². The van der Waals surface area contributed by atoms with E-state index in [1.54, 1.807) is 19.1 Å². The summed E-state index contributed by atoms with van der Waals surface area (Å²) >= 11 is 0. The lowest BCUT2D eigenvalue weighted by molar-refractivity contribution is -0.143. The van der Waals surface area contributed by atoms with E-state index in [0.717, 1.165) is 10.4 Å². The van der Waals surface area contributed by atoms with Crippen LogP contribution in [0.1, 0.15) is 43.7 Å². The summed E-state index contributed by atoms with van der Waals surface area (Å²) in [5.74, 6) is 0.140. The number of benzene rings is 2. The molecule has 10 heteroatoms. The molecule has 2 heterocycles. The second-order valence-corrected chi connectivity index (χ2v) is 9.75. The molecule has 4 rings (SSSR count). The molecule has 0 saturated carbocycles. The molecule has 0 spiro atoms. The van der Waals surface area contributed by atoms with E-state index >= 15 is 0 Å². The molecule has 1 atom stereocenters. The van der Waals surface area contributed by atoms with Gasteiger partial charge < -0.3 is 14.6 Å². The Bertz CT molecular complexity index is 1360. The maximum absolute atomic E-state index is 13.7. The summed E-state index contributed by atoms with van der Waals surface area (Å²) in [6.07, 6.45) is 0. The van der Waals surface area contributed by atoms with E-state index in [2.05, 4.69) is 20.7 Å². The maximum atomic E-state index is 13.7. The van der Waals surface area contributed by atoms with Crippen molar-refractivity contribution in [1.29, 1.82) is 0 Å². The standard InChI is InChI=1S/C27H29FN6O3/c1-18-10-15-22(37-18)25-30-32-34(31-25)17-23(35)33(16-19-8-6-5-7-9-19)24(26(36)29-27(2,3)4)20-11-13-21(28)14-12-20/h5-15,24H,16-17H2,1-4H3,(H,29,36)/t24-/m1/s1. The van der Waals surface area contributed by atoms with Crippen LogP contribution in [0.5, 0.6) is 0 Å². The predicted octanol–water partition coefficient (Wildman–Crippen LogP) is 4.07. The van der Waals surface area contributed by atoms with Gasteiger partial charge in [0.2, 0.25) is 17.6 Å². The first-order chi connectivity index (χ1) is 17.6. The minimum absolute atomic E-state index is 0.137. The van der Waals surface area contributed by atoms with Gasteiger partial charge in [-0.1, -0.05) is 42.5 Å². The average Bonchev–Trinajstić information content (AvgIpc) is 3.48. The summed E-state index contributed by atoms with van der Waals surface area (Å²) in [6.45, 7) is 7.24. The summed E-state index contributed by atoms with van der Waals surface area (Å²) < 4.78 is 19.3. The van der Waals surface area contributed by atoms with Gasteiger partial charge in [0.15, 0.2) is 5.76 Å². The molecule has 0 aliphatic rings. The number of tetrazole rings is 1. The van der Waals surface area contributed by atoms with Crippen LogP contribution in [0.25, 0.3) is 11.6 Å². The lowest BCUT2D eigenvalue weighted by Gasteiger charge is -2.33. The van der Waals surface area contributed by atoms with Gasteiger partial charge in [0.25, 0.3) is 0 Å². The van der Waals surface area contributed by atoms with Gasteiger partial charge >= 0.3 is 0 Å². The Morgan fingerprint density at radius 3 is 2.38 bits per heavy atom. The Balaban J connectivity index is 1.69. The minimum atomic E-state index is -1.02. The van der Waals surface area contributed by atoms with Crippen molar-refractivity contribution in [3.8, 4) is 11.6 Å². The molecule has 0 bridgehead atoms. The highest BCUT2D eigenvalue weighted by molar-refractivity contribution is 5.89. The van der Waals surface area contributed by atoms with Gasteiger partial charge in [-0.3, -0.25) is 9.59 Å². The molecule has 2 aromatic carbocycles. The molecule has 1 N–H and O–H groups in total. The fourth-order valence-electron chi connectivity index (χ4n) is 3.83. The summed E-state index contributed by atoms with van der Waals surface area (Å²) in [5.41, 5.74) is 0.746. The number of hydrogen-bond acceptors (Lipinski definition) is 6. The van der Waals surface area contributed by atoms with Crippen LogP contribution in [0, 0.1) is 12.7 Å². The van der Waals surface area contributed by atoms with Gasteiger partial charge in [-0.25, -0.2) is 4.39 Å². The normalized spacial score (nSPS) is 12.2. The molecule has 0 saturated heterocycles. The van der Waals surface area contributed by atoms with Crippen molar-refractivity contribution < 1.29 is 18.4 Å². The Morgan fingerprint density at radius 1 is 1.05 bits per heavy atom. The predicted molar refractivity (Wildman–Crippen MR) is 134 cm³/mol. The van der Waals surface area contributed by atoms with Crippen molar-refractivity contribution in [2.24, 2.45) is 0 Å². The highest BCUT2D eigenvalue weighted by atomic mass is 19.1. The fraction of sp³-hybridized carbons (Fsp3) is 0.296. The van der Waals surface area contributed by atoms with Crippen molar-refractivity contribution in [2.75, 3.05) is 0 Å². The van der Waals surface area contributed by atoms with Crippen LogP contribution in [0.2, 0.25) is 0 Å². The molecule has 4 aromatic rings. The molecular weight excluding hydrogens is 475 g/mol. The van der Waals surface area contributed by atoms with E-state index < -0.39 is 23.3 Å². The molecule has 0 aliphatic carbocycles. The number of carbonyl (C=O) groups excluding carboxylic acids is 2. The van der Waals surface area contributed by atoms with Crippen molar-refractivity contribution in [3.63, 3.8) is 0 Å². The lowest BCUT2D eigenvalue weighted by Crippen LogP contribution is -2.49. The first-order valence-electron chi connectivity index (χ1n) is 11.8. The second kappa shape index (κ2) is 10.7. The van der Waals surface area contributed by atoms with E-state index in [0.29, 0.717) is 17.1 Å². The quantitative estimate of drug-likeness (QED) is 0.388. The third-order valence-corrected chi connectivity index (χ3v) is 5.45. The van der Waals surface area contributed by atoms with Gasteiger partial charge in [0, 0.05) is 12.1 Å². The molecule has 37 heavy (non-hydrogen) atoms. The van der Waals surface area contributed by atoms with E-state index in [1.807, 2.05) is 51.1 Å². The number of furan rings is 1. The average molecular weight is 505 g/mol. The highest BCUT2D eigenvalue weighted by Crippen LogP contribution is 2.26. The molecule has 0 aliphatic heterocycles. The first-order valence-corrected chi connectivity index (χ1v) is 11.8. The zero-order valence-electron chi connectivity index (χ0n) is 21.2. The summed E-state index contributed by atoms with van der Waals surface area (Å²) in [6, 6.07) is 17.4. The number of rotatable bonds is 8. The maximum Gasteiger partial charge on any atom is 0.247 e. The Kier molecular flexibility index (Phi) is 7.47. The van der Waals surface area contributed by atoms with E-state index in [-0.39, 0.29) is 24.8 Å². The topological polar surface area (TPSA) is 106 Å². The van der Waals surface area contributed by atoms with Gasteiger partial charge in [-0.2, -0.15) is 4.80 Å². The Hall–Kier alpha value is -4.34. The molecule has 0 fully saturated rings. The van der Waals surface area contributed by atoms with Crippen molar-refractivity contribution in [1.82, 2.24) is 30.4 Å². The molecular formula is C27H29FN6O3. The van der Waals surface area contributed by atoms with Crippen molar-refractivity contribution in [3.05, 3.63) is 89.4 Å². The number of halogens is 1. The number of hydrogen-bond donors (Lipinski definition) is 1. The number of nitrogens with one attached hydrogen (secondary N) is 1. The van der Waals surface area contributed by atoms with Crippen LogP contribution in [-0.2, 0) is 22.7 Å². The van der Waals surface area contributed by atoms with Crippen LogP contribution in [-0.4, -0.2) is 42.5 Å². The largest absolute Gasteiger partial charge is 0.458 e. The minimum Gasteiger partial charge on any atom is -0.458 e. The number of carbonyl (C=O) groups is 2. The van der Waals surface area contributed by atoms with Crippen LogP contribution >= 0.6 is 0 Å². The van der Waals surface area contributed by atoms with Crippen LogP contribution in [0.3, 0.4) is 0 Å². The first kappa shape index (κ1) is 25.7. The zero-order chi connectivity index (χ0) is 26.6. The number of amides is 2. The molecule has 2 amide bonds. The molecule has 2 aromatic heterocycles. The second-order valence-electron chi connectivity index (χ2n) is 9.75.